The first-order valence-electron chi connectivity index (χ1n) is 8.54. The van der Waals surface area contributed by atoms with Crippen molar-refractivity contribution in [3.05, 3.63) is 87.9 Å². The first-order chi connectivity index (χ1) is 13.0. The Morgan fingerprint density at radius 1 is 1.15 bits per heavy atom. The molecule has 0 aliphatic carbocycles. The summed E-state index contributed by atoms with van der Waals surface area (Å²) in [5, 5.41) is 7.21. The average Bonchev–Trinajstić information content (AvgIpc) is 3.06. The third kappa shape index (κ3) is 5.25. The first-order valence-corrected chi connectivity index (χ1v) is 9.30. The Hall–Kier alpha value is -2.50. The van der Waals surface area contributed by atoms with Crippen molar-refractivity contribution in [1.82, 2.24) is 20.2 Å². The van der Waals surface area contributed by atoms with E-state index in [1.165, 1.54) is 0 Å². The summed E-state index contributed by atoms with van der Waals surface area (Å²) in [4.78, 5) is 16.8. The van der Waals surface area contributed by atoms with E-state index in [-0.39, 0.29) is 12.1 Å². The summed E-state index contributed by atoms with van der Waals surface area (Å²) in [6, 6.07) is 14.3. The lowest BCUT2D eigenvalue weighted by Crippen LogP contribution is -2.40. The number of aryl methyl sites for hydroxylation is 1. The van der Waals surface area contributed by atoms with Crippen LogP contribution < -0.4 is 10.6 Å². The Labute approximate surface area is 168 Å². The van der Waals surface area contributed by atoms with Crippen molar-refractivity contribution in [2.24, 2.45) is 7.05 Å². The molecule has 0 aliphatic heterocycles. The van der Waals surface area contributed by atoms with Crippen molar-refractivity contribution in [1.29, 1.82) is 0 Å². The molecule has 2 aromatic carbocycles. The van der Waals surface area contributed by atoms with Gasteiger partial charge >= 0.3 is 6.03 Å². The summed E-state index contributed by atoms with van der Waals surface area (Å²) in [5.74, 6) is 0.738. The molecule has 0 spiro atoms. The lowest BCUT2D eigenvalue weighted by molar-refractivity contribution is 0.238. The number of benzene rings is 2. The molecule has 1 aromatic heterocycles. The number of carbonyl (C=O) groups is 1. The van der Waals surface area contributed by atoms with E-state index in [1.807, 2.05) is 54.2 Å². The molecular formula is C20H20Cl2N4O. The van der Waals surface area contributed by atoms with E-state index in [2.05, 4.69) is 15.6 Å². The zero-order valence-corrected chi connectivity index (χ0v) is 16.3. The molecule has 0 aliphatic rings. The largest absolute Gasteiger partial charge is 0.338 e. The molecule has 27 heavy (non-hydrogen) atoms. The highest BCUT2D eigenvalue weighted by atomic mass is 35.5. The van der Waals surface area contributed by atoms with Crippen LogP contribution in [-0.2, 0) is 13.5 Å². The molecule has 3 aromatic rings. The van der Waals surface area contributed by atoms with Crippen LogP contribution in [0.5, 0.6) is 0 Å². The smallest absolute Gasteiger partial charge is 0.315 e. The van der Waals surface area contributed by atoms with Crippen LogP contribution in [0.1, 0.15) is 23.0 Å². The van der Waals surface area contributed by atoms with E-state index in [1.54, 1.807) is 18.3 Å². The van der Waals surface area contributed by atoms with Gasteiger partial charge in [-0.25, -0.2) is 9.78 Å². The fraction of sp³-hybridized carbons (Fsp3) is 0.200. The maximum absolute atomic E-state index is 12.4. The second kappa shape index (κ2) is 8.93. The highest BCUT2D eigenvalue weighted by Crippen LogP contribution is 2.22. The van der Waals surface area contributed by atoms with Gasteiger partial charge in [-0.05, 0) is 41.8 Å². The van der Waals surface area contributed by atoms with Gasteiger partial charge < -0.3 is 15.2 Å². The van der Waals surface area contributed by atoms with E-state index >= 15 is 0 Å². The number of urea groups is 1. The number of rotatable bonds is 6. The van der Waals surface area contributed by atoms with Gasteiger partial charge in [0.05, 0.1) is 0 Å². The van der Waals surface area contributed by atoms with E-state index in [9.17, 15) is 4.79 Å². The van der Waals surface area contributed by atoms with Gasteiger partial charge in [0.2, 0.25) is 0 Å². The highest BCUT2D eigenvalue weighted by Gasteiger charge is 2.20. The van der Waals surface area contributed by atoms with Crippen molar-refractivity contribution < 1.29 is 4.79 Å². The number of hydrogen-bond acceptors (Lipinski definition) is 2. The van der Waals surface area contributed by atoms with E-state index in [4.69, 9.17) is 23.2 Å². The highest BCUT2D eigenvalue weighted by molar-refractivity contribution is 6.30. The number of imidazole rings is 1. The fourth-order valence-corrected chi connectivity index (χ4v) is 3.14. The zero-order chi connectivity index (χ0) is 19.2. The van der Waals surface area contributed by atoms with Crippen molar-refractivity contribution in [3.8, 4) is 0 Å². The minimum Gasteiger partial charge on any atom is -0.338 e. The second-order valence-corrected chi connectivity index (χ2v) is 7.03. The Morgan fingerprint density at radius 3 is 2.59 bits per heavy atom. The predicted octanol–water partition coefficient (Wildman–Crippen LogP) is 4.36. The lowest BCUT2D eigenvalue weighted by Gasteiger charge is -2.19. The number of aromatic nitrogens is 2. The molecule has 0 radical (unpaired) electrons. The van der Waals surface area contributed by atoms with Gasteiger partial charge in [0.1, 0.15) is 11.9 Å². The summed E-state index contributed by atoms with van der Waals surface area (Å²) < 4.78 is 1.88. The molecule has 1 heterocycles. The lowest BCUT2D eigenvalue weighted by atomic mass is 10.1. The van der Waals surface area contributed by atoms with Gasteiger partial charge in [-0.15, -0.1) is 0 Å². The molecule has 0 saturated heterocycles. The zero-order valence-electron chi connectivity index (χ0n) is 14.8. The Balaban J connectivity index is 1.66. The molecule has 0 fully saturated rings. The minimum absolute atomic E-state index is 0.264. The first kappa shape index (κ1) is 19.3. The summed E-state index contributed by atoms with van der Waals surface area (Å²) >= 11 is 12.0. The molecule has 3 rings (SSSR count). The van der Waals surface area contributed by atoms with Crippen LogP contribution in [0.3, 0.4) is 0 Å². The number of nitrogens with zero attached hydrogens (tertiary/aromatic N) is 2. The van der Waals surface area contributed by atoms with Crippen LogP contribution in [0, 0.1) is 0 Å². The standard InChI is InChI=1S/C20H20Cl2N4O/c1-26-12-11-23-19(26)18(15-5-7-16(21)8-6-15)25-20(27)24-10-9-14-3-2-4-17(22)13-14/h2-8,11-13,18H,9-10H2,1H3,(H2,24,25,27)/t18-/m1/s1. The molecular weight excluding hydrogens is 383 g/mol. The molecule has 0 saturated carbocycles. The van der Waals surface area contributed by atoms with Crippen molar-refractivity contribution >= 4 is 29.2 Å². The van der Waals surface area contributed by atoms with Crippen LogP contribution in [0.4, 0.5) is 4.79 Å². The molecule has 1 atom stereocenters. The quantitative estimate of drug-likeness (QED) is 0.643. The van der Waals surface area contributed by atoms with Crippen molar-refractivity contribution in [2.45, 2.75) is 12.5 Å². The molecule has 0 unspecified atom stereocenters. The molecule has 140 valence electrons. The Bertz CT molecular complexity index is 908. The molecule has 5 nitrogen and oxygen atoms in total. The second-order valence-electron chi connectivity index (χ2n) is 6.16. The normalized spacial score (nSPS) is 11.8. The Morgan fingerprint density at radius 2 is 1.93 bits per heavy atom. The monoisotopic (exact) mass is 402 g/mol. The number of amides is 2. The minimum atomic E-state index is -0.381. The number of hydrogen-bond donors (Lipinski definition) is 2. The predicted molar refractivity (Wildman–Crippen MR) is 108 cm³/mol. The summed E-state index contributed by atoms with van der Waals surface area (Å²) in [5.41, 5.74) is 1.97. The molecule has 0 bridgehead atoms. The topological polar surface area (TPSA) is 59.0 Å². The van der Waals surface area contributed by atoms with Crippen LogP contribution in [0.2, 0.25) is 10.0 Å². The third-order valence-corrected chi connectivity index (χ3v) is 4.67. The van der Waals surface area contributed by atoms with Crippen LogP contribution >= 0.6 is 23.2 Å². The van der Waals surface area contributed by atoms with Crippen molar-refractivity contribution in [2.75, 3.05) is 6.54 Å². The van der Waals surface area contributed by atoms with E-state index in [0.29, 0.717) is 23.0 Å². The molecule has 2 N–H and O–H groups in total. The third-order valence-electron chi connectivity index (χ3n) is 4.18. The number of carbonyl (C=O) groups excluding carboxylic acids is 1. The van der Waals surface area contributed by atoms with Crippen LogP contribution in [-0.4, -0.2) is 22.1 Å². The SMILES string of the molecule is Cn1ccnc1[C@H](NC(=O)NCCc1cccc(Cl)c1)c1ccc(Cl)cc1. The van der Waals surface area contributed by atoms with Crippen LogP contribution in [0.25, 0.3) is 0 Å². The summed E-state index contributed by atoms with van der Waals surface area (Å²) in [7, 11) is 1.89. The summed E-state index contributed by atoms with van der Waals surface area (Å²) in [6.07, 6.45) is 4.25. The molecule has 7 heteroatoms. The van der Waals surface area contributed by atoms with Gasteiger partial charge in [-0.1, -0.05) is 47.5 Å². The Kier molecular flexibility index (Phi) is 6.37. The van der Waals surface area contributed by atoms with Gasteiger partial charge in [0, 0.05) is 36.0 Å². The maximum Gasteiger partial charge on any atom is 0.315 e. The van der Waals surface area contributed by atoms with E-state index in [0.717, 1.165) is 17.0 Å². The summed E-state index contributed by atoms with van der Waals surface area (Å²) in [6.45, 7) is 0.500. The van der Waals surface area contributed by atoms with Crippen molar-refractivity contribution in [3.63, 3.8) is 0 Å². The fourth-order valence-electron chi connectivity index (χ4n) is 2.80. The number of nitrogens with one attached hydrogen (secondary N) is 2. The maximum atomic E-state index is 12.4. The van der Waals surface area contributed by atoms with Crippen LogP contribution in [0.15, 0.2) is 60.9 Å². The van der Waals surface area contributed by atoms with Gasteiger partial charge in [-0.3, -0.25) is 0 Å². The van der Waals surface area contributed by atoms with Gasteiger partial charge in [0.25, 0.3) is 0 Å². The average molecular weight is 403 g/mol. The number of halogens is 2. The molecule has 2 amide bonds. The van der Waals surface area contributed by atoms with Gasteiger partial charge in [-0.2, -0.15) is 0 Å². The van der Waals surface area contributed by atoms with Gasteiger partial charge in [0.15, 0.2) is 0 Å². The van der Waals surface area contributed by atoms with E-state index < -0.39 is 0 Å².